The fraction of sp³-hybridized carbons (Fsp3) is 0.680. The summed E-state index contributed by atoms with van der Waals surface area (Å²) in [6.07, 6.45) is 6.87. The molecule has 2 rings (SSSR count). The minimum Gasteiger partial charge on any atom is -0.415 e. The smallest absolute Gasteiger partial charge is 0.192 e. The van der Waals surface area contributed by atoms with E-state index in [-0.39, 0.29) is 17.0 Å². The zero-order chi connectivity index (χ0) is 22.6. The van der Waals surface area contributed by atoms with E-state index in [1.165, 1.54) is 24.0 Å². The molecule has 3 nitrogen and oxygen atoms in total. The van der Waals surface area contributed by atoms with E-state index in [1.54, 1.807) is 0 Å². The molecule has 0 bridgehead atoms. The van der Waals surface area contributed by atoms with Crippen LogP contribution in [0.3, 0.4) is 0 Å². The summed E-state index contributed by atoms with van der Waals surface area (Å²) in [5, 5.41) is 0.153. The lowest BCUT2D eigenvalue weighted by atomic mass is 10.0. The zero-order valence-electron chi connectivity index (χ0n) is 20.5. The van der Waals surface area contributed by atoms with Gasteiger partial charge in [0.05, 0.1) is 28.1 Å². The molecule has 0 fully saturated rings. The number of hydrogen-bond donors (Lipinski definition) is 0. The third-order valence-electron chi connectivity index (χ3n) is 6.65. The second-order valence-electron chi connectivity index (χ2n) is 10.7. The quantitative estimate of drug-likeness (QED) is 0.307. The SMILES string of the molecule is Cc1ccc([S@](=O)(CC2=CCCCC2)=N[C@@H](CO[Si](C)(C)C(C)(C)C)C(C)C)cc1. The first-order valence-corrected chi connectivity index (χ1v) is 16.1. The van der Waals surface area contributed by atoms with Crippen LogP contribution in [0.15, 0.2) is 45.2 Å². The van der Waals surface area contributed by atoms with Gasteiger partial charge in [0.25, 0.3) is 0 Å². The summed E-state index contributed by atoms with van der Waals surface area (Å²) in [6.45, 7) is 18.3. The number of nitrogens with zero attached hydrogens (tertiary/aromatic N) is 1. The summed E-state index contributed by atoms with van der Waals surface area (Å²) in [6, 6.07) is 8.05. The molecule has 0 spiro atoms. The molecule has 0 unspecified atom stereocenters. The molecule has 1 aromatic carbocycles. The summed E-state index contributed by atoms with van der Waals surface area (Å²) >= 11 is 0. The van der Waals surface area contributed by atoms with Gasteiger partial charge in [-0.1, -0.05) is 64.0 Å². The Hall–Kier alpha value is -0.913. The van der Waals surface area contributed by atoms with E-state index in [0.29, 0.717) is 12.4 Å². The molecule has 0 amide bonds. The van der Waals surface area contributed by atoms with Crippen LogP contribution < -0.4 is 0 Å². The van der Waals surface area contributed by atoms with Gasteiger partial charge < -0.3 is 4.43 Å². The van der Waals surface area contributed by atoms with Crippen LogP contribution in [0.2, 0.25) is 18.1 Å². The van der Waals surface area contributed by atoms with E-state index in [0.717, 1.165) is 17.7 Å². The van der Waals surface area contributed by atoms with Crippen molar-refractivity contribution in [2.24, 2.45) is 10.3 Å². The summed E-state index contributed by atoms with van der Waals surface area (Å²) in [7, 11) is -4.42. The summed E-state index contributed by atoms with van der Waals surface area (Å²) in [5.41, 5.74) is 2.49. The average molecular weight is 450 g/mol. The topological polar surface area (TPSA) is 38.7 Å². The lowest BCUT2D eigenvalue weighted by Gasteiger charge is -2.37. The van der Waals surface area contributed by atoms with Crippen molar-refractivity contribution in [3.8, 4) is 0 Å². The van der Waals surface area contributed by atoms with Crippen LogP contribution in [0.1, 0.15) is 65.9 Å². The summed E-state index contributed by atoms with van der Waals surface area (Å²) in [5.74, 6) is 0.834. The highest BCUT2D eigenvalue weighted by atomic mass is 32.2. The van der Waals surface area contributed by atoms with Crippen LogP contribution >= 0.6 is 0 Å². The first-order chi connectivity index (χ1) is 13.8. The Kier molecular flexibility index (Phi) is 8.57. The third-order valence-corrected chi connectivity index (χ3v) is 13.5. The van der Waals surface area contributed by atoms with E-state index in [9.17, 15) is 4.21 Å². The molecule has 30 heavy (non-hydrogen) atoms. The monoisotopic (exact) mass is 449 g/mol. The molecule has 1 aliphatic rings. The number of aryl methyl sites for hydroxylation is 1. The van der Waals surface area contributed by atoms with Crippen molar-refractivity contribution < 1.29 is 8.63 Å². The van der Waals surface area contributed by atoms with Crippen molar-refractivity contribution in [2.45, 2.75) is 96.3 Å². The zero-order valence-corrected chi connectivity index (χ0v) is 22.3. The van der Waals surface area contributed by atoms with Crippen LogP contribution in [-0.4, -0.2) is 30.9 Å². The Balaban J connectivity index is 2.41. The molecule has 5 heteroatoms. The minimum absolute atomic E-state index is 0.0721. The molecule has 0 aromatic heterocycles. The standard InChI is InChI=1S/C25H43NO2SSi/c1-20(2)24(18-28-30(7,8)25(4,5)6)26-29(27,19-22-12-10-9-11-13-22)23-16-14-21(3)15-17-23/h12,14-17,20,24H,9-11,13,18-19H2,1-8H3/t24-,29+/m0/s1. The largest absolute Gasteiger partial charge is 0.415 e. The molecule has 0 saturated carbocycles. The first-order valence-electron chi connectivity index (χ1n) is 11.5. The predicted molar refractivity (Wildman–Crippen MR) is 133 cm³/mol. The lowest BCUT2D eigenvalue weighted by Crippen LogP contribution is -2.43. The van der Waals surface area contributed by atoms with E-state index in [4.69, 9.17) is 8.79 Å². The van der Waals surface area contributed by atoms with E-state index in [2.05, 4.69) is 72.8 Å². The second kappa shape index (κ2) is 10.1. The van der Waals surface area contributed by atoms with Gasteiger partial charge in [0.15, 0.2) is 8.32 Å². The summed E-state index contributed by atoms with van der Waals surface area (Å²) in [4.78, 5) is 0.859. The molecule has 0 saturated heterocycles. The Bertz CT molecular complexity index is 841. The number of benzene rings is 1. The maximum atomic E-state index is 14.4. The van der Waals surface area contributed by atoms with Crippen molar-refractivity contribution >= 4 is 18.0 Å². The fourth-order valence-corrected chi connectivity index (χ4v) is 6.74. The van der Waals surface area contributed by atoms with Gasteiger partial charge in [-0.25, -0.2) is 8.57 Å². The molecule has 1 aliphatic carbocycles. The second-order valence-corrected chi connectivity index (χ2v) is 17.8. The van der Waals surface area contributed by atoms with E-state index >= 15 is 0 Å². The molecular weight excluding hydrogens is 406 g/mol. The predicted octanol–water partition coefficient (Wildman–Crippen LogP) is 7.37. The Morgan fingerprint density at radius 3 is 2.27 bits per heavy atom. The molecule has 1 aromatic rings. The third kappa shape index (κ3) is 6.79. The Labute approximate surface area is 187 Å². The van der Waals surface area contributed by atoms with Crippen molar-refractivity contribution in [2.75, 3.05) is 12.4 Å². The highest BCUT2D eigenvalue weighted by Gasteiger charge is 2.38. The molecule has 170 valence electrons. The van der Waals surface area contributed by atoms with Crippen molar-refractivity contribution in [3.63, 3.8) is 0 Å². The molecule has 0 heterocycles. The molecule has 2 atom stereocenters. The van der Waals surface area contributed by atoms with Crippen molar-refractivity contribution in [1.82, 2.24) is 0 Å². The van der Waals surface area contributed by atoms with Gasteiger partial charge >= 0.3 is 0 Å². The average Bonchev–Trinajstić information content (AvgIpc) is 2.65. The maximum Gasteiger partial charge on any atom is 0.192 e. The number of allylic oxidation sites excluding steroid dienone is 1. The fourth-order valence-electron chi connectivity index (χ4n) is 3.29. The lowest BCUT2D eigenvalue weighted by molar-refractivity contribution is 0.240. The molecule has 0 radical (unpaired) electrons. The maximum absolute atomic E-state index is 14.4. The van der Waals surface area contributed by atoms with Gasteiger partial charge in [0, 0.05) is 4.90 Å². The highest BCUT2D eigenvalue weighted by Crippen LogP contribution is 2.37. The van der Waals surface area contributed by atoms with Gasteiger partial charge in [0.1, 0.15) is 0 Å². The van der Waals surface area contributed by atoms with Gasteiger partial charge in [0.2, 0.25) is 0 Å². The van der Waals surface area contributed by atoms with Crippen LogP contribution in [0.5, 0.6) is 0 Å². The number of hydrogen-bond acceptors (Lipinski definition) is 3. The van der Waals surface area contributed by atoms with E-state index < -0.39 is 18.0 Å². The van der Waals surface area contributed by atoms with Gasteiger partial charge in [-0.2, -0.15) is 0 Å². The van der Waals surface area contributed by atoms with Crippen LogP contribution in [-0.2, 0) is 14.2 Å². The van der Waals surface area contributed by atoms with Gasteiger partial charge in [-0.15, -0.1) is 0 Å². The summed E-state index contributed by atoms with van der Waals surface area (Å²) < 4.78 is 25.9. The van der Waals surface area contributed by atoms with Crippen LogP contribution in [0.4, 0.5) is 0 Å². The van der Waals surface area contributed by atoms with Gasteiger partial charge in [-0.3, -0.25) is 0 Å². The Morgan fingerprint density at radius 2 is 1.77 bits per heavy atom. The Morgan fingerprint density at radius 1 is 1.13 bits per heavy atom. The van der Waals surface area contributed by atoms with E-state index in [1.807, 2.05) is 12.1 Å². The highest BCUT2D eigenvalue weighted by molar-refractivity contribution is 7.93. The first kappa shape index (κ1) is 25.3. The van der Waals surface area contributed by atoms with Crippen LogP contribution in [0.25, 0.3) is 0 Å². The van der Waals surface area contributed by atoms with Crippen molar-refractivity contribution in [3.05, 3.63) is 41.5 Å². The number of rotatable bonds is 8. The van der Waals surface area contributed by atoms with Crippen molar-refractivity contribution in [1.29, 1.82) is 0 Å². The normalized spacial score (nSPS) is 18.6. The van der Waals surface area contributed by atoms with Crippen LogP contribution in [0, 0.1) is 12.8 Å². The van der Waals surface area contributed by atoms with Gasteiger partial charge in [-0.05, 0) is 68.8 Å². The molecular formula is C25H43NO2SSi. The molecule has 0 aliphatic heterocycles. The minimum atomic E-state index is -2.54. The molecule has 0 N–H and O–H groups in total.